The average molecular weight is 216 g/mol. The molecule has 0 saturated carbocycles. The fourth-order valence-corrected chi connectivity index (χ4v) is 1.07. The Morgan fingerprint density at radius 1 is 1.13 bits per heavy atom. The lowest BCUT2D eigenvalue weighted by Gasteiger charge is -2.06. The zero-order valence-electron chi connectivity index (χ0n) is 7.88. The molecule has 0 heterocycles. The topological polar surface area (TPSA) is 52.0 Å². The highest BCUT2D eigenvalue weighted by Crippen LogP contribution is 2.29. The molecule has 82 valence electrons. The van der Waals surface area contributed by atoms with Crippen LogP contribution in [0.5, 0.6) is 0 Å². The molecule has 4 N–H and O–H groups in total. The van der Waals surface area contributed by atoms with Crippen LogP contribution in [-0.2, 0) is 12.6 Å². The van der Waals surface area contributed by atoms with Crippen molar-refractivity contribution in [2.24, 2.45) is 11.5 Å². The van der Waals surface area contributed by atoms with Crippen LogP contribution >= 0.6 is 0 Å². The van der Waals surface area contributed by atoms with E-state index in [4.69, 9.17) is 11.5 Å². The number of rotatable bonds is 2. The molecule has 5 heteroatoms. The van der Waals surface area contributed by atoms with Crippen LogP contribution in [0.25, 0.3) is 0 Å². The molecule has 0 amide bonds. The minimum absolute atomic E-state index is 0.162. The largest absolute Gasteiger partial charge is 0.416 e. The first-order valence-corrected chi connectivity index (χ1v) is 4.27. The molecule has 0 atom stereocenters. The lowest BCUT2D eigenvalue weighted by Crippen LogP contribution is -2.08. The highest BCUT2D eigenvalue weighted by Gasteiger charge is 2.29. The number of hydrogen-bond donors (Lipinski definition) is 2. The van der Waals surface area contributed by atoms with Gasteiger partial charge in [-0.3, -0.25) is 0 Å². The SMILES string of the molecule is NC(N)=CCc1ccc(C(F)(F)F)cc1. The van der Waals surface area contributed by atoms with Crippen molar-refractivity contribution in [3.63, 3.8) is 0 Å². The van der Waals surface area contributed by atoms with E-state index in [0.717, 1.165) is 17.7 Å². The minimum Gasteiger partial charge on any atom is -0.386 e. The van der Waals surface area contributed by atoms with Gasteiger partial charge in [-0.15, -0.1) is 0 Å². The van der Waals surface area contributed by atoms with Crippen molar-refractivity contribution < 1.29 is 13.2 Å². The summed E-state index contributed by atoms with van der Waals surface area (Å²) in [5.74, 6) is 0.162. The van der Waals surface area contributed by atoms with Crippen molar-refractivity contribution in [3.05, 3.63) is 47.3 Å². The van der Waals surface area contributed by atoms with E-state index in [1.54, 1.807) is 6.08 Å². The minimum atomic E-state index is -4.29. The van der Waals surface area contributed by atoms with Gasteiger partial charge in [-0.1, -0.05) is 12.1 Å². The number of halogens is 3. The fraction of sp³-hybridized carbons (Fsp3) is 0.200. The van der Waals surface area contributed by atoms with E-state index in [9.17, 15) is 13.2 Å². The standard InChI is InChI=1S/C10H11F3N2/c11-10(12,13)8-4-1-7(2-5-8)3-6-9(14)15/h1-2,4-6H,3,14-15H2. The summed E-state index contributed by atoms with van der Waals surface area (Å²) in [4.78, 5) is 0. The maximum Gasteiger partial charge on any atom is 0.416 e. The van der Waals surface area contributed by atoms with E-state index < -0.39 is 11.7 Å². The van der Waals surface area contributed by atoms with E-state index >= 15 is 0 Å². The second-order valence-electron chi connectivity index (χ2n) is 3.10. The third-order valence-corrected chi connectivity index (χ3v) is 1.85. The molecule has 1 aromatic carbocycles. The Bertz CT molecular complexity index is 348. The van der Waals surface area contributed by atoms with Gasteiger partial charge in [0.2, 0.25) is 0 Å². The highest BCUT2D eigenvalue weighted by molar-refractivity contribution is 5.26. The van der Waals surface area contributed by atoms with Crippen LogP contribution < -0.4 is 11.5 Å². The Hall–Kier alpha value is -1.65. The molecule has 0 aromatic heterocycles. The van der Waals surface area contributed by atoms with Crippen LogP contribution in [0.4, 0.5) is 13.2 Å². The van der Waals surface area contributed by atoms with Crippen LogP contribution in [0.3, 0.4) is 0 Å². The van der Waals surface area contributed by atoms with Gasteiger partial charge in [-0.2, -0.15) is 13.2 Å². The van der Waals surface area contributed by atoms with Crippen molar-refractivity contribution in [2.45, 2.75) is 12.6 Å². The van der Waals surface area contributed by atoms with Gasteiger partial charge in [-0.25, -0.2) is 0 Å². The molecular weight excluding hydrogens is 205 g/mol. The Morgan fingerprint density at radius 2 is 1.67 bits per heavy atom. The predicted octanol–water partition coefficient (Wildman–Crippen LogP) is 2.01. The lowest BCUT2D eigenvalue weighted by molar-refractivity contribution is -0.137. The molecule has 0 aliphatic carbocycles. The first-order valence-electron chi connectivity index (χ1n) is 4.27. The van der Waals surface area contributed by atoms with Crippen LogP contribution in [-0.4, -0.2) is 0 Å². The summed E-state index contributed by atoms with van der Waals surface area (Å²) < 4.78 is 36.5. The van der Waals surface area contributed by atoms with Gasteiger partial charge in [0.25, 0.3) is 0 Å². The highest BCUT2D eigenvalue weighted by atomic mass is 19.4. The van der Waals surface area contributed by atoms with E-state index in [-0.39, 0.29) is 5.82 Å². The molecule has 0 aliphatic rings. The van der Waals surface area contributed by atoms with Gasteiger partial charge >= 0.3 is 6.18 Å². The summed E-state index contributed by atoms with van der Waals surface area (Å²) >= 11 is 0. The van der Waals surface area contributed by atoms with Crippen molar-refractivity contribution in [3.8, 4) is 0 Å². The molecule has 0 radical (unpaired) electrons. The van der Waals surface area contributed by atoms with Gasteiger partial charge in [0, 0.05) is 0 Å². The first-order chi connectivity index (χ1) is 6.89. The van der Waals surface area contributed by atoms with Crippen LogP contribution in [0.2, 0.25) is 0 Å². The average Bonchev–Trinajstić information content (AvgIpc) is 2.14. The summed E-state index contributed by atoms with van der Waals surface area (Å²) in [5, 5.41) is 0. The maximum atomic E-state index is 12.2. The zero-order chi connectivity index (χ0) is 11.5. The second-order valence-corrected chi connectivity index (χ2v) is 3.10. The third kappa shape index (κ3) is 3.53. The number of alkyl halides is 3. The van der Waals surface area contributed by atoms with E-state index in [0.29, 0.717) is 6.42 Å². The van der Waals surface area contributed by atoms with Crippen LogP contribution in [0.1, 0.15) is 11.1 Å². The van der Waals surface area contributed by atoms with E-state index in [1.807, 2.05) is 0 Å². The molecule has 1 rings (SSSR count). The number of nitrogens with two attached hydrogens (primary N) is 2. The number of benzene rings is 1. The summed E-state index contributed by atoms with van der Waals surface area (Å²) in [5.41, 5.74) is 10.5. The quantitative estimate of drug-likeness (QED) is 0.794. The van der Waals surface area contributed by atoms with Crippen molar-refractivity contribution >= 4 is 0 Å². The molecule has 15 heavy (non-hydrogen) atoms. The Balaban J connectivity index is 2.77. The smallest absolute Gasteiger partial charge is 0.386 e. The predicted molar refractivity (Wildman–Crippen MR) is 51.6 cm³/mol. The first kappa shape index (κ1) is 11.4. The van der Waals surface area contributed by atoms with Crippen molar-refractivity contribution in [2.75, 3.05) is 0 Å². The summed E-state index contributed by atoms with van der Waals surface area (Å²) in [6.07, 6.45) is -2.32. The molecule has 0 unspecified atom stereocenters. The molecule has 1 aromatic rings. The van der Waals surface area contributed by atoms with Gasteiger partial charge < -0.3 is 11.5 Å². The van der Waals surface area contributed by atoms with Crippen molar-refractivity contribution in [1.29, 1.82) is 0 Å². The molecule has 0 bridgehead atoms. The van der Waals surface area contributed by atoms with Crippen LogP contribution in [0.15, 0.2) is 36.2 Å². The molecule has 0 aliphatic heterocycles. The Labute approximate surface area is 85.4 Å². The fourth-order valence-electron chi connectivity index (χ4n) is 1.07. The van der Waals surface area contributed by atoms with Gasteiger partial charge in [0.15, 0.2) is 0 Å². The monoisotopic (exact) mass is 216 g/mol. The summed E-state index contributed by atoms with van der Waals surface area (Å²) in [6, 6.07) is 4.89. The molecule has 2 nitrogen and oxygen atoms in total. The Morgan fingerprint density at radius 3 is 2.07 bits per heavy atom. The molecular formula is C10H11F3N2. The summed E-state index contributed by atoms with van der Waals surface area (Å²) in [7, 11) is 0. The van der Waals surface area contributed by atoms with Crippen molar-refractivity contribution in [1.82, 2.24) is 0 Å². The van der Waals surface area contributed by atoms with Gasteiger partial charge in [0.05, 0.1) is 11.4 Å². The lowest BCUT2D eigenvalue weighted by atomic mass is 10.1. The number of hydrogen-bond acceptors (Lipinski definition) is 2. The van der Waals surface area contributed by atoms with E-state index in [2.05, 4.69) is 0 Å². The van der Waals surface area contributed by atoms with E-state index in [1.165, 1.54) is 12.1 Å². The molecule has 0 fully saturated rings. The second kappa shape index (κ2) is 4.25. The zero-order valence-corrected chi connectivity index (χ0v) is 7.88. The molecule has 0 spiro atoms. The third-order valence-electron chi connectivity index (χ3n) is 1.85. The number of allylic oxidation sites excluding steroid dienone is 1. The molecule has 0 saturated heterocycles. The normalized spacial score (nSPS) is 11.1. The maximum absolute atomic E-state index is 12.2. The van der Waals surface area contributed by atoms with Gasteiger partial charge in [-0.05, 0) is 30.2 Å². The van der Waals surface area contributed by atoms with Gasteiger partial charge in [0.1, 0.15) is 0 Å². The van der Waals surface area contributed by atoms with Crippen LogP contribution in [0, 0.1) is 0 Å². The summed E-state index contributed by atoms with van der Waals surface area (Å²) in [6.45, 7) is 0. The Kier molecular flexibility index (Phi) is 3.24.